The zero-order valence-electron chi connectivity index (χ0n) is 12.4. The highest BCUT2D eigenvalue weighted by Crippen LogP contribution is 2.32. The molecule has 0 spiro atoms. The van der Waals surface area contributed by atoms with Crippen LogP contribution in [-0.2, 0) is 19.4 Å². The zero-order valence-corrected chi connectivity index (χ0v) is 13.3. The number of aromatic nitrogens is 2. The summed E-state index contributed by atoms with van der Waals surface area (Å²) in [5.41, 5.74) is 6.46. The zero-order chi connectivity index (χ0) is 14.4. The van der Waals surface area contributed by atoms with Gasteiger partial charge in [0, 0.05) is 41.3 Å². The van der Waals surface area contributed by atoms with Crippen molar-refractivity contribution < 1.29 is 0 Å². The number of nitrogens with one attached hydrogen (secondary N) is 1. The maximum Gasteiger partial charge on any atom is 0.194 e. The Balaban J connectivity index is 1.85. The highest BCUT2D eigenvalue weighted by atomic mass is 32.1. The summed E-state index contributed by atoms with van der Waals surface area (Å²) in [7, 11) is 0. The maximum absolute atomic E-state index is 4.90. The monoisotopic (exact) mass is 297 g/mol. The third-order valence-corrected chi connectivity index (χ3v) is 5.43. The van der Waals surface area contributed by atoms with Crippen molar-refractivity contribution in [2.24, 2.45) is 0 Å². The molecular formula is C17H19N3S. The molecule has 0 atom stereocenters. The van der Waals surface area contributed by atoms with Crippen LogP contribution in [0.3, 0.4) is 0 Å². The number of imidazole rings is 1. The number of hydrogen-bond acceptors (Lipinski definition) is 3. The summed E-state index contributed by atoms with van der Waals surface area (Å²) in [5, 5.41) is 3.44. The number of fused-ring (bicyclic) bond motifs is 3. The van der Waals surface area contributed by atoms with E-state index in [-0.39, 0.29) is 0 Å². The Morgan fingerprint density at radius 1 is 1.29 bits per heavy atom. The van der Waals surface area contributed by atoms with Crippen molar-refractivity contribution in [3.8, 4) is 11.3 Å². The summed E-state index contributed by atoms with van der Waals surface area (Å²) in [6.07, 6.45) is 2.18. The molecule has 1 aliphatic heterocycles. The summed E-state index contributed by atoms with van der Waals surface area (Å²) >= 11 is 1.83. The molecule has 1 aliphatic rings. The number of rotatable bonds is 2. The fourth-order valence-electron chi connectivity index (χ4n) is 3.13. The van der Waals surface area contributed by atoms with Gasteiger partial charge >= 0.3 is 0 Å². The van der Waals surface area contributed by atoms with E-state index in [9.17, 15) is 0 Å². The van der Waals surface area contributed by atoms with Crippen molar-refractivity contribution in [3.05, 3.63) is 46.1 Å². The number of nitrogens with zero attached hydrogens (tertiary/aromatic N) is 2. The lowest BCUT2D eigenvalue weighted by Gasteiger charge is -2.13. The molecule has 0 saturated heterocycles. The van der Waals surface area contributed by atoms with Crippen LogP contribution in [0.5, 0.6) is 0 Å². The average molecular weight is 297 g/mol. The lowest BCUT2D eigenvalue weighted by molar-refractivity contribution is 0.636. The van der Waals surface area contributed by atoms with Crippen LogP contribution in [-0.4, -0.2) is 15.9 Å². The topological polar surface area (TPSA) is 29.3 Å². The van der Waals surface area contributed by atoms with Crippen LogP contribution in [0.4, 0.5) is 0 Å². The minimum Gasteiger partial charge on any atom is -0.311 e. The van der Waals surface area contributed by atoms with Gasteiger partial charge in [0.2, 0.25) is 0 Å². The van der Waals surface area contributed by atoms with Crippen LogP contribution >= 0.6 is 11.3 Å². The number of benzene rings is 1. The van der Waals surface area contributed by atoms with Crippen LogP contribution in [0, 0.1) is 6.92 Å². The Morgan fingerprint density at radius 3 is 2.86 bits per heavy atom. The Labute approximate surface area is 128 Å². The maximum atomic E-state index is 4.90. The van der Waals surface area contributed by atoms with Crippen LogP contribution in [0.15, 0.2) is 24.3 Å². The molecule has 4 rings (SSSR count). The van der Waals surface area contributed by atoms with E-state index in [1.54, 1.807) is 0 Å². The van der Waals surface area contributed by atoms with E-state index < -0.39 is 0 Å². The van der Waals surface area contributed by atoms with Gasteiger partial charge in [-0.2, -0.15) is 0 Å². The summed E-state index contributed by atoms with van der Waals surface area (Å²) in [6, 6.07) is 8.82. The van der Waals surface area contributed by atoms with Gasteiger partial charge in [0.25, 0.3) is 0 Å². The molecule has 0 aliphatic carbocycles. The molecule has 0 saturated carbocycles. The van der Waals surface area contributed by atoms with Crippen LogP contribution in [0.25, 0.3) is 16.2 Å². The highest BCUT2D eigenvalue weighted by Gasteiger charge is 2.20. The lowest BCUT2D eigenvalue weighted by Crippen LogP contribution is -2.23. The quantitative estimate of drug-likeness (QED) is 0.783. The predicted octanol–water partition coefficient (Wildman–Crippen LogP) is 3.58. The summed E-state index contributed by atoms with van der Waals surface area (Å²) in [5.74, 6) is 0. The smallest absolute Gasteiger partial charge is 0.194 e. The third-order valence-electron chi connectivity index (χ3n) is 4.34. The summed E-state index contributed by atoms with van der Waals surface area (Å²) < 4.78 is 2.36. The SMILES string of the molecule is CCc1ccc(-c2nc3sc4c(n3c2C)CCNC4)cc1. The number of aryl methyl sites for hydroxylation is 2. The molecule has 21 heavy (non-hydrogen) atoms. The molecule has 108 valence electrons. The van der Waals surface area contributed by atoms with Gasteiger partial charge in [-0.1, -0.05) is 42.5 Å². The van der Waals surface area contributed by atoms with E-state index in [0.717, 1.165) is 36.6 Å². The predicted molar refractivity (Wildman–Crippen MR) is 88.0 cm³/mol. The minimum atomic E-state index is 0.989. The Morgan fingerprint density at radius 2 is 2.10 bits per heavy atom. The molecule has 3 nitrogen and oxygen atoms in total. The fraction of sp³-hybridized carbons (Fsp3) is 0.353. The lowest BCUT2D eigenvalue weighted by atomic mass is 10.1. The molecular weight excluding hydrogens is 278 g/mol. The van der Waals surface area contributed by atoms with E-state index in [1.807, 2.05) is 11.3 Å². The molecule has 3 heterocycles. The van der Waals surface area contributed by atoms with Crippen molar-refractivity contribution in [1.82, 2.24) is 14.7 Å². The van der Waals surface area contributed by atoms with Crippen molar-refractivity contribution in [2.45, 2.75) is 33.2 Å². The van der Waals surface area contributed by atoms with Gasteiger partial charge in [0.15, 0.2) is 4.96 Å². The molecule has 3 aromatic rings. The molecule has 4 heteroatoms. The van der Waals surface area contributed by atoms with Crippen LogP contribution < -0.4 is 5.32 Å². The Kier molecular flexibility index (Phi) is 3.08. The number of thiazole rings is 1. The Hall–Kier alpha value is -1.65. The van der Waals surface area contributed by atoms with Gasteiger partial charge in [0.05, 0.1) is 5.69 Å². The normalized spacial score (nSPS) is 14.6. The molecule has 1 aromatic carbocycles. The van der Waals surface area contributed by atoms with Crippen LogP contribution in [0.1, 0.15) is 28.8 Å². The van der Waals surface area contributed by atoms with E-state index in [1.165, 1.54) is 27.4 Å². The molecule has 1 N–H and O–H groups in total. The first-order chi connectivity index (χ1) is 10.3. The first-order valence-corrected chi connectivity index (χ1v) is 8.39. The minimum absolute atomic E-state index is 0.989. The molecule has 0 bridgehead atoms. The summed E-state index contributed by atoms with van der Waals surface area (Å²) in [6.45, 7) is 6.44. The van der Waals surface area contributed by atoms with Gasteiger partial charge in [-0.05, 0) is 18.9 Å². The molecule has 2 aromatic heterocycles. The second-order valence-corrected chi connectivity index (χ2v) is 6.68. The van der Waals surface area contributed by atoms with E-state index in [4.69, 9.17) is 4.98 Å². The molecule has 0 unspecified atom stereocenters. The van der Waals surface area contributed by atoms with E-state index in [2.05, 4.69) is 47.8 Å². The van der Waals surface area contributed by atoms with Gasteiger partial charge < -0.3 is 5.32 Å². The Bertz CT molecular complexity index is 796. The first-order valence-electron chi connectivity index (χ1n) is 7.57. The van der Waals surface area contributed by atoms with E-state index >= 15 is 0 Å². The van der Waals surface area contributed by atoms with Gasteiger partial charge in [0.1, 0.15) is 0 Å². The summed E-state index contributed by atoms with van der Waals surface area (Å²) in [4.78, 5) is 7.48. The standard InChI is InChI=1S/C17H19N3S/c1-3-12-4-6-13(7-5-12)16-11(2)20-14-8-9-18-10-15(14)21-17(20)19-16/h4-7,18H,3,8-10H2,1-2H3. The fourth-order valence-corrected chi connectivity index (χ4v) is 4.31. The number of hydrogen-bond donors (Lipinski definition) is 1. The van der Waals surface area contributed by atoms with Crippen molar-refractivity contribution in [3.63, 3.8) is 0 Å². The van der Waals surface area contributed by atoms with Gasteiger partial charge in [-0.25, -0.2) is 4.98 Å². The van der Waals surface area contributed by atoms with Crippen LogP contribution in [0.2, 0.25) is 0 Å². The second kappa shape index (κ2) is 4.97. The third kappa shape index (κ3) is 2.01. The van der Waals surface area contributed by atoms with Gasteiger partial charge in [-0.3, -0.25) is 4.40 Å². The molecule has 0 fully saturated rings. The second-order valence-electron chi connectivity index (χ2n) is 5.61. The largest absolute Gasteiger partial charge is 0.311 e. The highest BCUT2D eigenvalue weighted by molar-refractivity contribution is 7.17. The van der Waals surface area contributed by atoms with Crippen molar-refractivity contribution >= 4 is 16.3 Å². The van der Waals surface area contributed by atoms with Crippen molar-refractivity contribution in [1.29, 1.82) is 0 Å². The average Bonchev–Trinajstić information content (AvgIpc) is 3.04. The van der Waals surface area contributed by atoms with Gasteiger partial charge in [-0.15, -0.1) is 0 Å². The first kappa shape index (κ1) is 13.0. The molecule has 0 amide bonds. The van der Waals surface area contributed by atoms with Crippen molar-refractivity contribution in [2.75, 3.05) is 6.54 Å². The van der Waals surface area contributed by atoms with E-state index in [0.29, 0.717) is 0 Å². The molecule has 0 radical (unpaired) electrons.